The number of halogens is 1. The van der Waals surface area contributed by atoms with Gasteiger partial charge < -0.3 is 4.74 Å². The molecule has 26 heavy (non-hydrogen) atoms. The van der Waals surface area contributed by atoms with E-state index in [0.717, 1.165) is 4.90 Å². The Morgan fingerprint density at radius 1 is 1.04 bits per heavy atom. The minimum absolute atomic E-state index is 0.0853. The molecule has 1 fully saturated rings. The van der Waals surface area contributed by atoms with Crippen molar-refractivity contribution in [3.8, 4) is 5.75 Å². The maximum atomic E-state index is 12.6. The fourth-order valence-corrected chi connectivity index (χ4v) is 3.79. The number of rotatable bonds is 5. The summed E-state index contributed by atoms with van der Waals surface area (Å²) < 4.78 is 32.9. The lowest BCUT2D eigenvalue weighted by molar-refractivity contribution is -0.121. The molecule has 1 saturated heterocycles. The van der Waals surface area contributed by atoms with E-state index in [1.807, 2.05) is 0 Å². The quantitative estimate of drug-likeness (QED) is 0.787. The smallest absolute Gasteiger partial charge is 0.261 e. The second-order valence-electron chi connectivity index (χ2n) is 5.57. The van der Waals surface area contributed by atoms with E-state index < -0.39 is 21.8 Å². The first-order valence-electron chi connectivity index (χ1n) is 7.64. The topological polar surface area (TPSA) is 92.8 Å². The van der Waals surface area contributed by atoms with Gasteiger partial charge in [0.25, 0.3) is 10.0 Å². The number of methoxy groups -OCH3 is 1. The van der Waals surface area contributed by atoms with Crippen molar-refractivity contribution < 1.29 is 22.7 Å². The van der Waals surface area contributed by atoms with Crippen molar-refractivity contribution in [2.24, 2.45) is 0 Å². The van der Waals surface area contributed by atoms with Crippen molar-refractivity contribution in [3.05, 3.63) is 47.5 Å². The Morgan fingerprint density at radius 3 is 2.23 bits per heavy atom. The lowest BCUT2D eigenvalue weighted by atomic mass is 10.2. The molecule has 0 bridgehead atoms. The number of anilines is 2. The number of nitrogens with zero attached hydrogens (tertiary/aromatic N) is 1. The van der Waals surface area contributed by atoms with Crippen LogP contribution in [0.3, 0.4) is 0 Å². The lowest BCUT2D eigenvalue weighted by Crippen LogP contribution is -2.29. The molecule has 0 unspecified atom stereocenters. The Bertz CT molecular complexity index is 957. The van der Waals surface area contributed by atoms with Gasteiger partial charge in [-0.3, -0.25) is 14.3 Å². The third kappa shape index (κ3) is 3.51. The molecule has 2 aromatic rings. The largest absolute Gasteiger partial charge is 0.495 e. The first-order chi connectivity index (χ1) is 12.3. The molecule has 0 radical (unpaired) electrons. The summed E-state index contributed by atoms with van der Waals surface area (Å²) in [6.07, 6.45) is 0.171. The van der Waals surface area contributed by atoms with Gasteiger partial charge in [-0.15, -0.1) is 0 Å². The van der Waals surface area contributed by atoms with Crippen LogP contribution < -0.4 is 14.4 Å². The standard InChI is InChI=1S/C17H15ClN2O5S/c1-25-15-7-6-13(10-14(15)20-16(21)8-9-17(20)22)26(23,24)19-12-4-2-11(18)3-5-12/h2-7,10,19H,8-9H2,1H3. The van der Waals surface area contributed by atoms with Crippen LogP contribution in [0.2, 0.25) is 5.02 Å². The van der Waals surface area contributed by atoms with Crippen LogP contribution >= 0.6 is 11.6 Å². The van der Waals surface area contributed by atoms with Crippen LogP contribution in [0.4, 0.5) is 11.4 Å². The third-order valence-corrected chi connectivity index (χ3v) is 5.48. The van der Waals surface area contributed by atoms with Gasteiger partial charge in [-0.2, -0.15) is 0 Å². The van der Waals surface area contributed by atoms with Gasteiger partial charge in [0, 0.05) is 23.6 Å². The number of sulfonamides is 1. The zero-order valence-corrected chi connectivity index (χ0v) is 15.3. The average Bonchev–Trinajstić information content (AvgIpc) is 2.94. The number of amides is 2. The summed E-state index contributed by atoms with van der Waals surface area (Å²) in [7, 11) is -2.56. The predicted octanol–water partition coefficient (Wildman–Crippen LogP) is 2.80. The molecule has 2 amide bonds. The molecule has 1 heterocycles. The van der Waals surface area contributed by atoms with Gasteiger partial charge in [0.15, 0.2) is 0 Å². The molecule has 0 atom stereocenters. The number of carbonyl (C=O) groups is 2. The number of ether oxygens (including phenoxy) is 1. The molecular weight excluding hydrogens is 380 g/mol. The Balaban J connectivity index is 2.00. The van der Waals surface area contributed by atoms with E-state index in [-0.39, 0.29) is 29.2 Å². The number of benzene rings is 2. The fraction of sp³-hybridized carbons (Fsp3) is 0.176. The van der Waals surface area contributed by atoms with E-state index in [2.05, 4.69) is 4.72 Å². The number of hydrogen-bond acceptors (Lipinski definition) is 5. The highest BCUT2D eigenvalue weighted by atomic mass is 35.5. The lowest BCUT2D eigenvalue weighted by Gasteiger charge is -2.18. The number of hydrogen-bond donors (Lipinski definition) is 1. The molecule has 1 aliphatic heterocycles. The zero-order chi connectivity index (χ0) is 18.9. The minimum atomic E-state index is -3.94. The maximum absolute atomic E-state index is 12.6. The normalized spacial score (nSPS) is 14.6. The summed E-state index contributed by atoms with van der Waals surface area (Å²) >= 11 is 5.79. The van der Waals surface area contributed by atoms with Crippen molar-refractivity contribution >= 4 is 44.8 Å². The molecule has 0 aromatic heterocycles. The Morgan fingerprint density at radius 2 is 1.65 bits per heavy atom. The number of carbonyl (C=O) groups excluding carboxylic acids is 2. The van der Waals surface area contributed by atoms with E-state index in [1.54, 1.807) is 12.1 Å². The summed E-state index contributed by atoms with van der Waals surface area (Å²) in [6.45, 7) is 0. The highest BCUT2D eigenvalue weighted by molar-refractivity contribution is 7.92. The fourth-order valence-electron chi connectivity index (χ4n) is 2.59. The van der Waals surface area contributed by atoms with Crippen molar-refractivity contribution in [2.45, 2.75) is 17.7 Å². The van der Waals surface area contributed by atoms with Crippen LogP contribution in [0.25, 0.3) is 0 Å². The van der Waals surface area contributed by atoms with Gasteiger partial charge in [-0.25, -0.2) is 13.3 Å². The van der Waals surface area contributed by atoms with Crippen molar-refractivity contribution in [2.75, 3.05) is 16.7 Å². The molecule has 3 rings (SSSR count). The summed E-state index contributed by atoms with van der Waals surface area (Å²) in [5.41, 5.74) is 0.444. The SMILES string of the molecule is COc1ccc(S(=O)(=O)Nc2ccc(Cl)cc2)cc1N1C(=O)CCC1=O. The van der Waals surface area contributed by atoms with Crippen LogP contribution in [0.15, 0.2) is 47.4 Å². The van der Waals surface area contributed by atoms with Gasteiger partial charge in [-0.1, -0.05) is 11.6 Å². The van der Waals surface area contributed by atoms with Crippen molar-refractivity contribution in [3.63, 3.8) is 0 Å². The van der Waals surface area contributed by atoms with Crippen molar-refractivity contribution in [1.82, 2.24) is 0 Å². The molecule has 0 saturated carbocycles. The van der Waals surface area contributed by atoms with Crippen LogP contribution in [0.5, 0.6) is 5.75 Å². The van der Waals surface area contributed by atoms with Gasteiger partial charge in [0.2, 0.25) is 11.8 Å². The Hall–Kier alpha value is -2.58. The second-order valence-corrected chi connectivity index (χ2v) is 7.69. The summed E-state index contributed by atoms with van der Waals surface area (Å²) in [5.74, 6) is -0.555. The minimum Gasteiger partial charge on any atom is -0.495 e. The van der Waals surface area contributed by atoms with Crippen LogP contribution in [0, 0.1) is 0 Å². The van der Waals surface area contributed by atoms with Crippen LogP contribution in [0.1, 0.15) is 12.8 Å². The third-order valence-electron chi connectivity index (χ3n) is 3.85. The predicted molar refractivity (Wildman–Crippen MR) is 97.0 cm³/mol. The first-order valence-corrected chi connectivity index (χ1v) is 9.50. The summed E-state index contributed by atoms with van der Waals surface area (Å²) in [5, 5.41) is 0.478. The van der Waals surface area contributed by atoms with Crippen LogP contribution in [-0.4, -0.2) is 27.3 Å². The number of nitrogens with one attached hydrogen (secondary N) is 1. The van der Waals surface area contributed by atoms with E-state index in [4.69, 9.17) is 16.3 Å². The summed E-state index contributed by atoms with van der Waals surface area (Å²) in [6, 6.07) is 10.2. The van der Waals surface area contributed by atoms with Gasteiger partial charge in [-0.05, 0) is 42.5 Å². The molecule has 136 valence electrons. The van der Waals surface area contributed by atoms with Gasteiger partial charge in [0.1, 0.15) is 5.75 Å². The molecular formula is C17H15ClN2O5S. The van der Waals surface area contributed by atoms with E-state index in [1.165, 1.54) is 37.4 Å². The Kier molecular flexibility index (Phi) is 4.88. The van der Waals surface area contributed by atoms with E-state index in [0.29, 0.717) is 10.7 Å². The first kappa shape index (κ1) is 18.2. The van der Waals surface area contributed by atoms with Gasteiger partial charge in [0.05, 0.1) is 17.7 Å². The molecule has 0 aliphatic carbocycles. The highest BCUT2D eigenvalue weighted by Gasteiger charge is 2.33. The highest BCUT2D eigenvalue weighted by Crippen LogP contribution is 2.34. The van der Waals surface area contributed by atoms with Crippen molar-refractivity contribution in [1.29, 1.82) is 0 Å². The molecule has 1 N–H and O–H groups in total. The summed E-state index contributed by atoms with van der Waals surface area (Å²) in [4.78, 5) is 24.9. The van der Waals surface area contributed by atoms with Gasteiger partial charge >= 0.3 is 0 Å². The molecule has 1 aliphatic rings. The molecule has 2 aromatic carbocycles. The maximum Gasteiger partial charge on any atom is 0.261 e. The second kappa shape index (κ2) is 6.97. The average molecular weight is 395 g/mol. The molecule has 9 heteroatoms. The van der Waals surface area contributed by atoms with E-state index >= 15 is 0 Å². The Labute approximate surface area is 155 Å². The molecule has 0 spiro atoms. The zero-order valence-electron chi connectivity index (χ0n) is 13.7. The number of imide groups is 1. The monoisotopic (exact) mass is 394 g/mol. The van der Waals surface area contributed by atoms with Crippen LogP contribution in [-0.2, 0) is 19.6 Å². The van der Waals surface area contributed by atoms with E-state index in [9.17, 15) is 18.0 Å². The molecule has 7 nitrogen and oxygen atoms in total.